The number of likely N-dealkylation sites (tertiary alicyclic amines) is 1. The number of hydrogen-bond donors (Lipinski definition) is 1. The van der Waals surface area contributed by atoms with Gasteiger partial charge in [0.1, 0.15) is 6.04 Å². The van der Waals surface area contributed by atoms with E-state index in [0.717, 1.165) is 5.56 Å². The van der Waals surface area contributed by atoms with Gasteiger partial charge in [0.2, 0.25) is 0 Å². The van der Waals surface area contributed by atoms with Crippen molar-refractivity contribution in [2.24, 2.45) is 5.73 Å². The van der Waals surface area contributed by atoms with Gasteiger partial charge in [-0.15, -0.1) is 24.8 Å². The van der Waals surface area contributed by atoms with Gasteiger partial charge in [-0.2, -0.15) is 26.3 Å². The van der Waals surface area contributed by atoms with Crippen LogP contribution < -0.4 is 5.73 Å². The van der Waals surface area contributed by atoms with E-state index in [0.29, 0.717) is 50.9 Å². The number of piperidine rings is 1. The number of halogens is 8. The molecule has 2 N–H and O–H groups in total. The van der Waals surface area contributed by atoms with Crippen LogP contribution in [0.3, 0.4) is 0 Å². The van der Waals surface area contributed by atoms with Crippen molar-refractivity contribution in [3.05, 3.63) is 70.8 Å². The van der Waals surface area contributed by atoms with Gasteiger partial charge in [0.15, 0.2) is 0 Å². The smallest absolute Gasteiger partial charge is 0.327 e. The molecule has 0 radical (unpaired) electrons. The number of nitrogens with zero attached hydrogens (tertiary/aromatic N) is 2. The van der Waals surface area contributed by atoms with Crippen LogP contribution in [0, 0.1) is 0 Å². The molecule has 0 aliphatic carbocycles. The molecule has 0 saturated carbocycles. The third-order valence-corrected chi connectivity index (χ3v) is 6.89. The summed E-state index contributed by atoms with van der Waals surface area (Å²) in [5.41, 5.74) is 3.64. The van der Waals surface area contributed by atoms with Crippen LogP contribution in [0.4, 0.5) is 26.3 Å². The second-order valence-corrected chi connectivity index (χ2v) is 9.87. The summed E-state index contributed by atoms with van der Waals surface area (Å²) >= 11 is 0. The van der Waals surface area contributed by atoms with Gasteiger partial charge in [-0.1, -0.05) is 30.3 Å². The Kier molecular flexibility index (Phi) is 12.1. The molecule has 2 aromatic carbocycles. The van der Waals surface area contributed by atoms with E-state index in [1.54, 1.807) is 0 Å². The van der Waals surface area contributed by atoms with Gasteiger partial charge in [0.05, 0.1) is 29.8 Å². The molecule has 12 heteroatoms. The minimum absolute atomic E-state index is 0. The summed E-state index contributed by atoms with van der Waals surface area (Å²) in [5.74, 6) is -0.724. The highest BCUT2D eigenvalue weighted by atomic mass is 35.5. The SMILES string of the molecule is CN(C)CCC[N+]1(C(=O)c2cc(C(F)(F)F)cc(C(F)(F)F)c2)CC[C@H](N)C[C@H]1Cc1ccccc1.Cl.Cl. The van der Waals surface area contributed by atoms with Crippen molar-refractivity contribution < 1.29 is 35.6 Å². The molecule has 1 heterocycles. The average Bonchev–Trinajstić information content (AvgIpc) is 2.79. The number of benzene rings is 2. The van der Waals surface area contributed by atoms with Crippen LogP contribution in [0.25, 0.3) is 0 Å². The summed E-state index contributed by atoms with van der Waals surface area (Å²) in [6, 6.07) is 9.91. The first kappa shape index (κ1) is 34.2. The van der Waals surface area contributed by atoms with Crippen LogP contribution in [0.5, 0.6) is 0 Å². The van der Waals surface area contributed by atoms with E-state index in [2.05, 4.69) is 0 Å². The molecule has 1 amide bonds. The first-order chi connectivity index (χ1) is 16.7. The van der Waals surface area contributed by atoms with Crippen LogP contribution in [0.2, 0.25) is 0 Å². The summed E-state index contributed by atoms with van der Waals surface area (Å²) in [4.78, 5) is 16.0. The molecule has 0 bridgehead atoms. The van der Waals surface area contributed by atoms with E-state index in [1.165, 1.54) is 0 Å². The van der Waals surface area contributed by atoms with Gasteiger partial charge in [-0.3, -0.25) is 4.48 Å². The van der Waals surface area contributed by atoms with Gasteiger partial charge in [-0.25, -0.2) is 4.79 Å². The maximum Gasteiger partial charge on any atom is 0.416 e. The van der Waals surface area contributed by atoms with Crippen LogP contribution in [-0.2, 0) is 18.8 Å². The number of quaternary nitrogens is 1. The fourth-order valence-electron chi connectivity index (χ4n) is 5.06. The van der Waals surface area contributed by atoms with Gasteiger partial charge < -0.3 is 10.6 Å². The Balaban J connectivity index is 0.00000361. The molecule has 1 saturated heterocycles. The number of alkyl halides is 6. The second-order valence-electron chi connectivity index (χ2n) is 9.87. The van der Waals surface area contributed by atoms with Crippen LogP contribution in [0.15, 0.2) is 48.5 Å². The van der Waals surface area contributed by atoms with Gasteiger partial charge in [0, 0.05) is 38.3 Å². The van der Waals surface area contributed by atoms with Crippen molar-refractivity contribution in [2.45, 2.75) is 50.1 Å². The van der Waals surface area contributed by atoms with Crippen molar-refractivity contribution in [1.82, 2.24) is 4.90 Å². The van der Waals surface area contributed by atoms with Crippen molar-refractivity contribution >= 4 is 30.7 Å². The quantitative estimate of drug-likeness (QED) is 0.309. The fraction of sp³-hybridized carbons (Fsp3) is 0.500. The Bertz CT molecular complexity index is 1020. The van der Waals surface area contributed by atoms with E-state index in [1.807, 2.05) is 49.3 Å². The predicted octanol–water partition coefficient (Wildman–Crippen LogP) is 6.21. The van der Waals surface area contributed by atoms with E-state index in [4.69, 9.17) is 5.73 Å². The van der Waals surface area contributed by atoms with Crippen molar-refractivity contribution in [2.75, 3.05) is 33.7 Å². The molecule has 214 valence electrons. The van der Waals surface area contributed by atoms with E-state index < -0.39 is 35.0 Å². The van der Waals surface area contributed by atoms with E-state index >= 15 is 0 Å². The molecule has 3 atom stereocenters. The summed E-state index contributed by atoms with van der Waals surface area (Å²) in [6.45, 7) is 1.16. The molecular formula is C26H34Cl2F6N3O+. The van der Waals surface area contributed by atoms with Gasteiger partial charge in [0.25, 0.3) is 0 Å². The third-order valence-electron chi connectivity index (χ3n) is 6.89. The molecule has 1 fully saturated rings. The molecule has 3 rings (SSSR count). The summed E-state index contributed by atoms with van der Waals surface area (Å²) in [6.07, 6.45) is -8.19. The van der Waals surface area contributed by atoms with Gasteiger partial charge in [-0.05, 0) is 37.9 Å². The topological polar surface area (TPSA) is 46.3 Å². The largest absolute Gasteiger partial charge is 0.416 e. The minimum Gasteiger partial charge on any atom is -0.327 e. The predicted molar refractivity (Wildman–Crippen MR) is 140 cm³/mol. The van der Waals surface area contributed by atoms with Crippen LogP contribution in [0.1, 0.15) is 46.3 Å². The highest BCUT2D eigenvalue weighted by Crippen LogP contribution is 2.38. The normalized spacial score (nSPS) is 21.9. The summed E-state index contributed by atoms with van der Waals surface area (Å²) < 4.78 is 81.0. The molecule has 4 nitrogen and oxygen atoms in total. The molecule has 1 aliphatic heterocycles. The van der Waals surface area contributed by atoms with Crippen molar-refractivity contribution in [1.29, 1.82) is 0 Å². The number of nitrogens with two attached hydrogens (primary N) is 1. The van der Waals surface area contributed by atoms with E-state index in [-0.39, 0.29) is 54.0 Å². The number of hydrogen-bond acceptors (Lipinski definition) is 3. The molecule has 1 aliphatic rings. The Morgan fingerprint density at radius 3 is 2.03 bits per heavy atom. The second kappa shape index (κ2) is 13.5. The fourth-order valence-corrected chi connectivity index (χ4v) is 5.06. The molecule has 0 spiro atoms. The maximum atomic E-state index is 14.0. The lowest BCUT2D eigenvalue weighted by Gasteiger charge is -2.47. The molecule has 0 aromatic heterocycles. The lowest BCUT2D eigenvalue weighted by atomic mass is 9.88. The first-order valence-electron chi connectivity index (χ1n) is 11.9. The first-order valence-corrected chi connectivity index (χ1v) is 11.9. The highest BCUT2D eigenvalue weighted by Gasteiger charge is 2.49. The van der Waals surface area contributed by atoms with Crippen molar-refractivity contribution in [3.63, 3.8) is 0 Å². The monoisotopic (exact) mass is 588 g/mol. The molecule has 1 unspecified atom stereocenters. The molecule has 38 heavy (non-hydrogen) atoms. The Hall–Kier alpha value is -1.85. The number of amides is 1. The number of carbonyl (C=O) groups excluding carboxylic acids is 1. The van der Waals surface area contributed by atoms with Crippen molar-refractivity contribution in [3.8, 4) is 0 Å². The van der Waals surface area contributed by atoms with Gasteiger partial charge >= 0.3 is 18.3 Å². The van der Waals surface area contributed by atoms with E-state index in [9.17, 15) is 31.1 Å². The highest BCUT2D eigenvalue weighted by molar-refractivity contribution is 5.90. The zero-order valence-corrected chi connectivity index (χ0v) is 22.8. The lowest BCUT2D eigenvalue weighted by molar-refractivity contribution is -0.880. The third kappa shape index (κ3) is 8.32. The zero-order valence-electron chi connectivity index (χ0n) is 21.2. The summed E-state index contributed by atoms with van der Waals surface area (Å²) in [7, 11) is 3.73. The Morgan fingerprint density at radius 2 is 1.53 bits per heavy atom. The average molecular weight is 589 g/mol. The maximum absolute atomic E-state index is 14.0. The standard InChI is InChI=1S/C26H32F6N3O.2ClH/c1-34(2)10-6-11-35(12-9-22(33)17-23(35)13-18-7-4-3-5-8-18)24(36)19-14-20(25(27,28)29)16-21(15-19)26(30,31)32;;/h3-5,7-8,14-16,22-23H,6,9-13,17,33H2,1-2H3;2*1H/q+1;;/t22-,23+,35?;;/m0../s1. The number of rotatable bonds is 7. The molecular weight excluding hydrogens is 555 g/mol. The van der Waals surface area contributed by atoms with Crippen LogP contribution >= 0.6 is 24.8 Å². The Labute approximate surface area is 231 Å². The lowest BCUT2D eigenvalue weighted by Crippen LogP contribution is -2.65. The van der Waals surface area contributed by atoms with Crippen LogP contribution in [-0.4, -0.2) is 61.1 Å². The zero-order chi connectivity index (χ0) is 26.7. The number of carbonyl (C=O) groups is 1. The Morgan fingerprint density at radius 1 is 0.974 bits per heavy atom. The minimum atomic E-state index is -5.03. The molecule has 2 aromatic rings. The summed E-state index contributed by atoms with van der Waals surface area (Å²) in [5, 5.41) is 0.